The van der Waals surface area contributed by atoms with Crippen molar-refractivity contribution < 1.29 is 9.73 Å². The minimum absolute atomic E-state index is 0.804. The molecular weight excluding hydrogens is 282 g/mol. The molecule has 0 atom stereocenters. The molecule has 0 amide bonds. The molecule has 0 spiro atoms. The number of hydrogen-bond acceptors (Lipinski definition) is 1. The van der Waals surface area contributed by atoms with Crippen molar-refractivity contribution in [2.24, 2.45) is 0 Å². The second-order valence-corrected chi connectivity index (χ2v) is 5.33. The first-order valence-electron chi connectivity index (χ1n) is 7.02. The van der Waals surface area contributed by atoms with E-state index in [1.54, 1.807) is 0 Å². The van der Waals surface area contributed by atoms with Gasteiger partial charge in [-0.1, -0.05) is 60.1 Å². The molecule has 2 N–H and O–H groups in total. The minimum Gasteiger partial charge on any atom is -0.455 e. The van der Waals surface area contributed by atoms with Crippen LogP contribution in [0.15, 0.2) is 71.1 Å². The van der Waals surface area contributed by atoms with Gasteiger partial charge in [0.15, 0.2) is 5.76 Å². The number of hydrogen-bond donors (Lipinski definition) is 1. The molecule has 2 nitrogen and oxygen atoms in total. The van der Waals surface area contributed by atoms with Gasteiger partial charge in [-0.15, -0.1) is 0 Å². The first-order valence-corrected chi connectivity index (χ1v) is 7.40. The van der Waals surface area contributed by atoms with Crippen LogP contribution < -0.4 is 5.32 Å². The maximum atomic E-state index is 6.15. The zero-order chi connectivity index (χ0) is 14.5. The molecular formula is C18H17ClNO+. The fourth-order valence-electron chi connectivity index (χ4n) is 2.28. The first kappa shape index (κ1) is 13.9. The monoisotopic (exact) mass is 298 g/mol. The third kappa shape index (κ3) is 3.54. The molecule has 0 aliphatic rings. The van der Waals surface area contributed by atoms with E-state index >= 15 is 0 Å². The maximum absolute atomic E-state index is 6.15. The highest BCUT2D eigenvalue weighted by Gasteiger charge is 2.06. The summed E-state index contributed by atoms with van der Waals surface area (Å²) in [6, 6.07) is 22.1. The van der Waals surface area contributed by atoms with Gasteiger partial charge >= 0.3 is 0 Å². The van der Waals surface area contributed by atoms with Crippen LogP contribution in [0.5, 0.6) is 0 Å². The van der Waals surface area contributed by atoms with Crippen LogP contribution in [-0.4, -0.2) is 0 Å². The lowest BCUT2D eigenvalue weighted by molar-refractivity contribution is -0.687. The standard InChI is InChI=1S/C18H16ClNO/c19-17-9-5-4-8-15(17)12-20-13-16-10-11-18(21-16)14-6-2-1-3-7-14/h1-11,20H,12-13H2/p+1. The molecule has 0 saturated carbocycles. The average Bonchev–Trinajstić information content (AvgIpc) is 2.99. The van der Waals surface area contributed by atoms with Gasteiger partial charge in [-0.2, -0.15) is 0 Å². The van der Waals surface area contributed by atoms with Crippen molar-refractivity contribution in [3.05, 3.63) is 83.1 Å². The molecule has 0 unspecified atom stereocenters. The van der Waals surface area contributed by atoms with Crippen LogP contribution in [0.1, 0.15) is 11.3 Å². The Labute approximate surface area is 129 Å². The Morgan fingerprint density at radius 1 is 0.810 bits per heavy atom. The van der Waals surface area contributed by atoms with Gasteiger partial charge in [-0.25, -0.2) is 0 Å². The molecule has 1 heterocycles. The van der Waals surface area contributed by atoms with E-state index in [2.05, 4.69) is 23.5 Å². The summed E-state index contributed by atoms with van der Waals surface area (Å²) in [7, 11) is 0. The number of quaternary nitrogens is 1. The number of furan rings is 1. The molecule has 0 radical (unpaired) electrons. The Hall–Kier alpha value is -2.03. The third-order valence-electron chi connectivity index (χ3n) is 3.39. The predicted molar refractivity (Wildman–Crippen MR) is 84.9 cm³/mol. The molecule has 0 aliphatic heterocycles. The molecule has 0 aliphatic carbocycles. The van der Waals surface area contributed by atoms with Crippen LogP contribution in [0.2, 0.25) is 5.02 Å². The predicted octanol–water partition coefficient (Wildman–Crippen LogP) is 3.86. The van der Waals surface area contributed by atoms with E-state index in [0.29, 0.717) is 0 Å². The van der Waals surface area contributed by atoms with Crippen molar-refractivity contribution in [3.63, 3.8) is 0 Å². The van der Waals surface area contributed by atoms with Crippen molar-refractivity contribution in [2.45, 2.75) is 13.1 Å². The lowest BCUT2D eigenvalue weighted by Crippen LogP contribution is -2.80. The van der Waals surface area contributed by atoms with E-state index < -0.39 is 0 Å². The van der Waals surface area contributed by atoms with Crippen LogP contribution in [0.25, 0.3) is 11.3 Å². The topological polar surface area (TPSA) is 29.8 Å². The van der Waals surface area contributed by atoms with Gasteiger partial charge in [-0.05, 0) is 18.2 Å². The molecule has 0 saturated heterocycles. The second-order valence-electron chi connectivity index (χ2n) is 4.92. The quantitative estimate of drug-likeness (QED) is 0.761. The number of halogens is 1. The van der Waals surface area contributed by atoms with Crippen LogP contribution in [0.3, 0.4) is 0 Å². The van der Waals surface area contributed by atoms with Gasteiger partial charge in [0, 0.05) is 16.1 Å². The van der Waals surface area contributed by atoms with Gasteiger partial charge < -0.3 is 9.73 Å². The van der Waals surface area contributed by atoms with Crippen LogP contribution in [0, 0.1) is 0 Å². The van der Waals surface area contributed by atoms with Gasteiger partial charge in [0.05, 0.1) is 0 Å². The summed E-state index contributed by atoms with van der Waals surface area (Å²) in [6.45, 7) is 1.65. The van der Waals surface area contributed by atoms with Crippen LogP contribution in [0.4, 0.5) is 0 Å². The van der Waals surface area contributed by atoms with E-state index in [-0.39, 0.29) is 0 Å². The molecule has 1 aromatic heterocycles. The second kappa shape index (κ2) is 6.61. The number of benzene rings is 2. The van der Waals surface area contributed by atoms with Crippen molar-refractivity contribution in [1.82, 2.24) is 0 Å². The van der Waals surface area contributed by atoms with Crippen molar-refractivity contribution >= 4 is 11.6 Å². The van der Waals surface area contributed by atoms with Crippen molar-refractivity contribution in [3.8, 4) is 11.3 Å². The van der Waals surface area contributed by atoms with Crippen LogP contribution >= 0.6 is 11.6 Å². The van der Waals surface area contributed by atoms with Gasteiger partial charge in [0.25, 0.3) is 0 Å². The number of rotatable bonds is 5. The lowest BCUT2D eigenvalue weighted by Gasteiger charge is -2.02. The first-order chi connectivity index (χ1) is 10.3. The highest BCUT2D eigenvalue weighted by molar-refractivity contribution is 6.31. The fraction of sp³-hybridized carbons (Fsp3) is 0.111. The Kier molecular flexibility index (Phi) is 4.39. The summed E-state index contributed by atoms with van der Waals surface area (Å²) in [5.74, 6) is 1.89. The van der Waals surface area contributed by atoms with E-state index in [1.807, 2.05) is 48.5 Å². The van der Waals surface area contributed by atoms with Gasteiger partial charge in [0.1, 0.15) is 18.8 Å². The largest absolute Gasteiger partial charge is 0.455 e. The fourth-order valence-corrected chi connectivity index (χ4v) is 2.49. The molecule has 0 bridgehead atoms. The van der Waals surface area contributed by atoms with Crippen molar-refractivity contribution in [1.29, 1.82) is 0 Å². The summed E-state index contributed by atoms with van der Waals surface area (Å²) in [5.41, 5.74) is 2.25. The SMILES string of the molecule is Clc1ccccc1C[NH2+]Cc1ccc(-c2ccccc2)o1. The molecule has 3 aromatic rings. The number of nitrogens with two attached hydrogens (primary N) is 1. The highest BCUT2D eigenvalue weighted by atomic mass is 35.5. The Morgan fingerprint density at radius 2 is 1.57 bits per heavy atom. The Balaban J connectivity index is 1.60. The summed E-state index contributed by atoms with van der Waals surface area (Å²) in [6.07, 6.45) is 0. The van der Waals surface area contributed by atoms with E-state index in [4.69, 9.17) is 16.0 Å². The highest BCUT2D eigenvalue weighted by Crippen LogP contribution is 2.21. The van der Waals surface area contributed by atoms with Gasteiger partial charge in [-0.3, -0.25) is 0 Å². The third-order valence-corrected chi connectivity index (χ3v) is 3.76. The summed E-state index contributed by atoms with van der Waals surface area (Å²) in [5, 5.41) is 3.01. The van der Waals surface area contributed by atoms with Crippen LogP contribution in [-0.2, 0) is 13.1 Å². The Bertz CT molecular complexity index is 706. The molecule has 0 fully saturated rings. The molecule has 21 heavy (non-hydrogen) atoms. The summed E-state index contributed by atoms with van der Waals surface area (Å²) in [4.78, 5) is 0. The molecule has 3 heteroatoms. The van der Waals surface area contributed by atoms with Crippen molar-refractivity contribution in [2.75, 3.05) is 0 Å². The maximum Gasteiger partial charge on any atom is 0.158 e. The lowest BCUT2D eigenvalue weighted by atomic mass is 10.2. The van der Waals surface area contributed by atoms with E-state index in [0.717, 1.165) is 40.8 Å². The normalized spacial score (nSPS) is 10.7. The Morgan fingerprint density at radius 3 is 2.38 bits per heavy atom. The smallest absolute Gasteiger partial charge is 0.158 e. The zero-order valence-corrected chi connectivity index (χ0v) is 12.4. The summed E-state index contributed by atoms with van der Waals surface area (Å²) < 4.78 is 5.87. The zero-order valence-electron chi connectivity index (χ0n) is 11.6. The van der Waals surface area contributed by atoms with E-state index in [9.17, 15) is 0 Å². The average molecular weight is 299 g/mol. The molecule has 2 aromatic carbocycles. The minimum atomic E-state index is 0.804. The molecule has 3 rings (SSSR count). The molecule has 106 valence electrons. The van der Waals surface area contributed by atoms with Gasteiger partial charge in [0.2, 0.25) is 0 Å². The van der Waals surface area contributed by atoms with E-state index in [1.165, 1.54) is 0 Å². The summed E-state index contributed by atoms with van der Waals surface area (Å²) >= 11 is 6.15.